The predicted octanol–water partition coefficient (Wildman–Crippen LogP) is 2.73. The van der Waals surface area contributed by atoms with E-state index in [1.54, 1.807) is 35.6 Å². The minimum Gasteiger partial charge on any atom is -0.456 e. The molecule has 2 rings (SSSR count). The van der Waals surface area contributed by atoms with Crippen LogP contribution >= 0.6 is 11.3 Å². The molecule has 1 amide bonds. The molecule has 0 bridgehead atoms. The van der Waals surface area contributed by atoms with Gasteiger partial charge in [-0.15, -0.1) is 0 Å². The van der Waals surface area contributed by atoms with Gasteiger partial charge in [0.05, 0.1) is 11.6 Å². The monoisotopic (exact) mass is 314 g/mol. The summed E-state index contributed by atoms with van der Waals surface area (Å²) in [5, 5.41) is 15.2. The number of hydrogen-bond donors (Lipinski definition) is 1. The Morgan fingerprint density at radius 3 is 2.64 bits per heavy atom. The zero-order valence-electron chi connectivity index (χ0n) is 11.7. The van der Waals surface area contributed by atoms with Crippen molar-refractivity contribution in [3.63, 3.8) is 0 Å². The summed E-state index contributed by atoms with van der Waals surface area (Å²) in [7, 11) is 0. The van der Waals surface area contributed by atoms with Gasteiger partial charge in [-0.3, -0.25) is 9.59 Å². The maximum atomic E-state index is 11.7. The number of thiophene rings is 1. The van der Waals surface area contributed by atoms with Crippen molar-refractivity contribution < 1.29 is 14.3 Å². The Labute approximate surface area is 132 Å². The summed E-state index contributed by atoms with van der Waals surface area (Å²) in [5.74, 6) is -0.810. The van der Waals surface area contributed by atoms with Crippen molar-refractivity contribution in [3.8, 4) is 6.07 Å². The molecular weight excluding hydrogens is 300 g/mol. The van der Waals surface area contributed by atoms with Gasteiger partial charge >= 0.3 is 5.97 Å². The van der Waals surface area contributed by atoms with E-state index in [9.17, 15) is 9.59 Å². The van der Waals surface area contributed by atoms with E-state index in [0.717, 1.165) is 5.56 Å². The van der Waals surface area contributed by atoms with Crippen LogP contribution in [0.2, 0.25) is 0 Å². The number of ether oxygens (including phenoxy) is 1. The maximum absolute atomic E-state index is 11.7. The highest BCUT2D eigenvalue weighted by Crippen LogP contribution is 2.10. The average molecular weight is 314 g/mol. The average Bonchev–Trinajstić information content (AvgIpc) is 3.05. The van der Waals surface area contributed by atoms with Crippen molar-refractivity contribution in [1.82, 2.24) is 0 Å². The predicted molar refractivity (Wildman–Crippen MR) is 83.4 cm³/mol. The lowest BCUT2D eigenvalue weighted by molar-refractivity contribution is -0.147. The number of aryl methyl sites for hydroxylation is 1. The Morgan fingerprint density at radius 2 is 2.00 bits per heavy atom. The molecule has 5 nitrogen and oxygen atoms in total. The van der Waals surface area contributed by atoms with E-state index in [4.69, 9.17) is 10.00 Å². The summed E-state index contributed by atoms with van der Waals surface area (Å²) >= 11 is 1.58. The van der Waals surface area contributed by atoms with E-state index >= 15 is 0 Å². The van der Waals surface area contributed by atoms with Crippen LogP contribution in [0.3, 0.4) is 0 Å². The number of nitrogens with one attached hydrogen (secondary N) is 1. The molecule has 112 valence electrons. The quantitative estimate of drug-likeness (QED) is 0.831. The number of carbonyl (C=O) groups excluding carboxylic acids is 2. The number of nitriles is 1. The number of nitrogens with zero attached hydrogens (tertiary/aromatic N) is 1. The highest BCUT2D eigenvalue weighted by atomic mass is 32.1. The Morgan fingerprint density at radius 1 is 1.23 bits per heavy atom. The zero-order chi connectivity index (χ0) is 15.8. The molecule has 0 atom stereocenters. The van der Waals surface area contributed by atoms with E-state index in [2.05, 4.69) is 5.32 Å². The van der Waals surface area contributed by atoms with Crippen LogP contribution in [0.4, 0.5) is 5.69 Å². The fraction of sp³-hybridized carbons (Fsp3) is 0.188. The highest BCUT2D eigenvalue weighted by molar-refractivity contribution is 7.07. The number of esters is 1. The Hall–Kier alpha value is -2.65. The van der Waals surface area contributed by atoms with E-state index in [1.165, 1.54) is 0 Å². The second-order valence-corrected chi connectivity index (χ2v) is 5.31. The van der Waals surface area contributed by atoms with E-state index in [-0.39, 0.29) is 13.0 Å². The maximum Gasteiger partial charge on any atom is 0.306 e. The molecule has 0 unspecified atom stereocenters. The smallest absolute Gasteiger partial charge is 0.306 e. The number of rotatable bonds is 6. The van der Waals surface area contributed by atoms with Gasteiger partial charge in [0.15, 0.2) is 6.61 Å². The molecule has 1 N–H and O–H groups in total. The van der Waals surface area contributed by atoms with Gasteiger partial charge in [-0.05, 0) is 53.1 Å². The molecule has 0 radical (unpaired) electrons. The first-order valence-corrected chi connectivity index (χ1v) is 7.58. The van der Waals surface area contributed by atoms with Gasteiger partial charge in [-0.2, -0.15) is 16.6 Å². The third-order valence-electron chi connectivity index (χ3n) is 2.86. The van der Waals surface area contributed by atoms with Crippen LogP contribution in [0.25, 0.3) is 0 Å². The third-order valence-corrected chi connectivity index (χ3v) is 3.59. The van der Waals surface area contributed by atoms with Crippen molar-refractivity contribution in [3.05, 3.63) is 52.2 Å². The summed E-state index contributed by atoms with van der Waals surface area (Å²) in [6.45, 7) is -0.317. The molecule has 1 aromatic carbocycles. The van der Waals surface area contributed by atoms with Crippen molar-refractivity contribution in [2.24, 2.45) is 0 Å². The van der Waals surface area contributed by atoms with Crippen LogP contribution in [0.15, 0.2) is 41.1 Å². The molecule has 6 heteroatoms. The van der Waals surface area contributed by atoms with Crippen LogP contribution in [-0.4, -0.2) is 18.5 Å². The van der Waals surface area contributed by atoms with Crippen LogP contribution < -0.4 is 5.32 Å². The highest BCUT2D eigenvalue weighted by Gasteiger charge is 2.08. The molecule has 0 fully saturated rings. The van der Waals surface area contributed by atoms with Gasteiger partial charge in [0, 0.05) is 12.1 Å². The minimum atomic E-state index is -0.409. The van der Waals surface area contributed by atoms with E-state index in [0.29, 0.717) is 17.7 Å². The number of benzene rings is 1. The summed E-state index contributed by atoms with van der Waals surface area (Å²) in [6.07, 6.45) is 0.862. The number of amides is 1. The second-order valence-electron chi connectivity index (χ2n) is 4.53. The lowest BCUT2D eigenvalue weighted by Crippen LogP contribution is -2.21. The van der Waals surface area contributed by atoms with Gasteiger partial charge in [-0.25, -0.2) is 0 Å². The molecule has 22 heavy (non-hydrogen) atoms. The fourth-order valence-corrected chi connectivity index (χ4v) is 2.43. The lowest BCUT2D eigenvalue weighted by atomic mass is 10.2. The number of anilines is 1. The summed E-state index contributed by atoms with van der Waals surface area (Å²) in [6, 6.07) is 10.4. The molecular formula is C16H14N2O3S. The summed E-state index contributed by atoms with van der Waals surface area (Å²) < 4.78 is 4.92. The molecule has 0 spiro atoms. The Balaban J connectivity index is 1.70. The normalized spacial score (nSPS) is 9.77. The standard InChI is InChI=1S/C16H14N2O3S/c17-9-12-1-4-14(5-2-12)18-15(19)10-21-16(20)6-3-13-7-8-22-11-13/h1-2,4-5,7-8,11H,3,6,10H2,(H,18,19). The molecule has 2 aromatic rings. The molecule has 0 saturated heterocycles. The fourth-order valence-electron chi connectivity index (χ4n) is 1.72. The topological polar surface area (TPSA) is 79.2 Å². The van der Waals surface area contributed by atoms with Crippen LogP contribution in [-0.2, 0) is 20.7 Å². The van der Waals surface area contributed by atoms with Gasteiger partial charge in [-0.1, -0.05) is 0 Å². The largest absolute Gasteiger partial charge is 0.456 e. The first-order valence-electron chi connectivity index (χ1n) is 6.64. The second kappa shape index (κ2) is 7.96. The molecule has 0 aliphatic heterocycles. The van der Waals surface area contributed by atoms with E-state index < -0.39 is 11.9 Å². The molecule has 0 aliphatic carbocycles. The SMILES string of the molecule is N#Cc1ccc(NC(=O)COC(=O)CCc2ccsc2)cc1. The van der Waals surface area contributed by atoms with Gasteiger partial charge in [0.25, 0.3) is 5.91 Å². The van der Waals surface area contributed by atoms with Gasteiger partial charge in [0.1, 0.15) is 0 Å². The first kappa shape index (κ1) is 15.7. The van der Waals surface area contributed by atoms with Crippen molar-refractivity contribution in [2.45, 2.75) is 12.8 Å². The Kier molecular flexibility index (Phi) is 5.69. The molecule has 1 aromatic heterocycles. The van der Waals surface area contributed by atoms with Crippen molar-refractivity contribution in [1.29, 1.82) is 5.26 Å². The summed E-state index contributed by atoms with van der Waals surface area (Å²) in [4.78, 5) is 23.2. The number of hydrogen-bond acceptors (Lipinski definition) is 5. The first-order chi connectivity index (χ1) is 10.7. The van der Waals surface area contributed by atoms with Crippen LogP contribution in [0.1, 0.15) is 17.5 Å². The van der Waals surface area contributed by atoms with Crippen molar-refractivity contribution in [2.75, 3.05) is 11.9 Å². The van der Waals surface area contributed by atoms with E-state index in [1.807, 2.05) is 22.9 Å². The number of carbonyl (C=O) groups is 2. The van der Waals surface area contributed by atoms with Gasteiger partial charge < -0.3 is 10.1 Å². The minimum absolute atomic E-state index is 0.251. The summed E-state index contributed by atoms with van der Waals surface area (Å²) in [5.41, 5.74) is 2.15. The van der Waals surface area contributed by atoms with Crippen LogP contribution in [0, 0.1) is 11.3 Å². The van der Waals surface area contributed by atoms with Crippen LogP contribution in [0.5, 0.6) is 0 Å². The molecule has 0 aliphatic rings. The Bertz CT molecular complexity index is 672. The molecule has 0 saturated carbocycles. The van der Waals surface area contributed by atoms with Crippen molar-refractivity contribution >= 4 is 28.9 Å². The van der Waals surface area contributed by atoms with Gasteiger partial charge in [0.2, 0.25) is 0 Å². The third kappa shape index (κ3) is 5.04. The lowest BCUT2D eigenvalue weighted by Gasteiger charge is -2.06. The molecule has 1 heterocycles. The zero-order valence-corrected chi connectivity index (χ0v) is 12.6.